The van der Waals surface area contributed by atoms with Gasteiger partial charge in [0.05, 0.1) is 29.8 Å². The third-order valence-corrected chi connectivity index (χ3v) is 4.99. The van der Waals surface area contributed by atoms with Crippen LogP contribution in [0.4, 0.5) is 0 Å². The molecule has 1 heterocycles. The second kappa shape index (κ2) is 8.86. The number of ether oxygens (including phenoxy) is 1. The highest BCUT2D eigenvalue weighted by molar-refractivity contribution is 5.92. The highest BCUT2D eigenvalue weighted by Crippen LogP contribution is 2.32. The molecule has 3 rings (SSSR count). The van der Waals surface area contributed by atoms with E-state index in [1.54, 1.807) is 7.11 Å². The minimum atomic E-state index is -0.912. The molecule has 1 N–H and O–H groups in total. The lowest BCUT2D eigenvalue weighted by atomic mass is 9.95. The average Bonchev–Trinajstić information content (AvgIpc) is 2.71. The lowest BCUT2D eigenvalue weighted by Gasteiger charge is -2.14. The molecule has 1 aromatic heterocycles. The number of nitrogens with zero attached hydrogens (tertiary/aromatic N) is 2. The van der Waals surface area contributed by atoms with E-state index < -0.39 is 5.97 Å². The van der Waals surface area contributed by atoms with Crippen molar-refractivity contribution >= 4 is 5.97 Å². The number of rotatable bonds is 7. The third kappa shape index (κ3) is 4.45. The number of aromatic carboxylic acids is 1. The van der Waals surface area contributed by atoms with Crippen LogP contribution < -0.4 is 4.74 Å². The predicted molar refractivity (Wildman–Crippen MR) is 115 cm³/mol. The quantitative estimate of drug-likeness (QED) is 0.578. The molecule has 29 heavy (non-hydrogen) atoms. The molecule has 0 saturated carbocycles. The van der Waals surface area contributed by atoms with Gasteiger partial charge in [-0.25, -0.2) is 9.78 Å². The van der Waals surface area contributed by atoms with Gasteiger partial charge >= 0.3 is 5.97 Å². The van der Waals surface area contributed by atoms with Gasteiger partial charge in [-0.1, -0.05) is 13.3 Å². The Kier molecular flexibility index (Phi) is 6.27. The number of aromatic nitrogens is 2. The Bertz CT molecular complexity index is 1000. The predicted octanol–water partition coefficient (Wildman–Crippen LogP) is 5.48. The second-order valence-corrected chi connectivity index (χ2v) is 7.18. The molecule has 0 radical (unpaired) electrons. The Hall–Kier alpha value is -3.21. The smallest absolute Gasteiger partial charge is 0.336 e. The van der Waals surface area contributed by atoms with Crippen molar-refractivity contribution in [2.45, 2.75) is 40.0 Å². The zero-order valence-corrected chi connectivity index (χ0v) is 17.3. The van der Waals surface area contributed by atoms with Crippen LogP contribution in [0.25, 0.3) is 22.5 Å². The molecular weight excluding hydrogens is 364 g/mol. The van der Waals surface area contributed by atoms with Gasteiger partial charge in [0.25, 0.3) is 0 Å². The first-order valence-electron chi connectivity index (χ1n) is 9.79. The fourth-order valence-electron chi connectivity index (χ4n) is 3.50. The summed E-state index contributed by atoms with van der Waals surface area (Å²) in [7, 11) is 1.64. The largest absolute Gasteiger partial charge is 0.497 e. The first kappa shape index (κ1) is 20.5. The fourth-order valence-corrected chi connectivity index (χ4v) is 3.50. The topological polar surface area (TPSA) is 72.3 Å². The molecule has 3 aromatic rings. The van der Waals surface area contributed by atoms with E-state index in [1.165, 1.54) is 0 Å². The normalized spacial score (nSPS) is 10.8. The van der Waals surface area contributed by atoms with Crippen molar-refractivity contribution in [3.8, 4) is 28.3 Å². The van der Waals surface area contributed by atoms with Crippen molar-refractivity contribution in [3.05, 3.63) is 65.0 Å². The van der Waals surface area contributed by atoms with Crippen LogP contribution in [0.3, 0.4) is 0 Å². The first-order chi connectivity index (χ1) is 13.9. The molecule has 0 atom stereocenters. The average molecular weight is 390 g/mol. The highest BCUT2D eigenvalue weighted by Gasteiger charge is 2.17. The van der Waals surface area contributed by atoms with Crippen molar-refractivity contribution in [1.82, 2.24) is 9.97 Å². The maximum atomic E-state index is 11.6. The van der Waals surface area contributed by atoms with Gasteiger partial charge in [-0.2, -0.15) is 0 Å². The summed E-state index contributed by atoms with van der Waals surface area (Å²) in [6.07, 6.45) is 4.84. The third-order valence-electron chi connectivity index (χ3n) is 4.99. The van der Waals surface area contributed by atoms with E-state index in [0.717, 1.165) is 53.2 Å². The number of hydrogen-bond acceptors (Lipinski definition) is 4. The summed E-state index contributed by atoms with van der Waals surface area (Å²) in [6.45, 7) is 5.79. The van der Waals surface area contributed by atoms with Crippen LogP contribution in [-0.4, -0.2) is 28.2 Å². The van der Waals surface area contributed by atoms with Gasteiger partial charge in [0.2, 0.25) is 0 Å². The molecule has 0 amide bonds. The van der Waals surface area contributed by atoms with E-state index in [-0.39, 0.29) is 0 Å². The number of unbranched alkanes of at least 4 members (excludes halogenated alkanes) is 1. The Labute approximate surface area is 171 Å². The monoisotopic (exact) mass is 390 g/mol. The van der Waals surface area contributed by atoms with Crippen LogP contribution >= 0.6 is 0 Å². The van der Waals surface area contributed by atoms with Gasteiger partial charge in [0.1, 0.15) is 5.75 Å². The minimum absolute atomic E-state index is 0.342. The van der Waals surface area contributed by atoms with Crippen molar-refractivity contribution < 1.29 is 14.6 Å². The van der Waals surface area contributed by atoms with Gasteiger partial charge in [0, 0.05) is 17.3 Å². The molecule has 0 fully saturated rings. The van der Waals surface area contributed by atoms with Gasteiger partial charge in [-0.15, -0.1) is 0 Å². The van der Waals surface area contributed by atoms with Crippen LogP contribution in [0.2, 0.25) is 0 Å². The Morgan fingerprint density at radius 1 is 1.03 bits per heavy atom. The molecule has 0 spiro atoms. The van der Waals surface area contributed by atoms with E-state index in [1.807, 2.05) is 56.4 Å². The standard InChI is InChI=1S/C24H26N2O3/c1-5-6-7-19-14-25-22(17-8-10-20(29-4)11-9-17)23(26-19)18-12-15(2)21(24(27)28)16(3)13-18/h8-14H,5-7H2,1-4H3,(H,27,28). The Balaban J connectivity index is 2.17. The molecule has 5 nitrogen and oxygen atoms in total. The second-order valence-electron chi connectivity index (χ2n) is 7.18. The minimum Gasteiger partial charge on any atom is -0.497 e. The summed E-state index contributed by atoms with van der Waals surface area (Å²) in [5, 5.41) is 9.49. The van der Waals surface area contributed by atoms with Crippen LogP contribution in [0.5, 0.6) is 5.75 Å². The molecule has 0 aliphatic carbocycles. The van der Waals surface area contributed by atoms with Crippen LogP contribution in [-0.2, 0) is 6.42 Å². The lowest BCUT2D eigenvalue weighted by Crippen LogP contribution is -2.05. The van der Waals surface area contributed by atoms with E-state index in [4.69, 9.17) is 14.7 Å². The van der Waals surface area contributed by atoms with E-state index in [9.17, 15) is 9.90 Å². The Morgan fingerprint density at radius 3 is 2.24 bits per heavy atom. The van der Waals surface area contributed by atoms with Gasteiger partial charge in [0.15, 0.2) is 0 Å². The van der Waals surface area contributed by atoms with Gasteiger partial charge in [-0.3, -0.25) is 4.98 Å². The number of aryl methyl sites for hydroxylation is 3. The number of hydrogen-bond donors (Lipinski definition) is 1. The van der Waals surface area contributed by atoms with Crippen molar-refractivity contribution in [1.29, 1.82) is 0 Å². The summed E-state index contributed by atoms with van der Waals surface area (Å²) in [5.74, 6) is -0.134. The number of carbonyl (C=O) groups is 1. The maximum absolute atomic E-state index is 11.6. The summed E-state index contributed by atoms with van der Waals surface area (Å²) in [6, 6.07) is 11.5. The summed E-state index contributed by atoms with van der Waals surface area (Å²) in [5.41, 5.74) is 6.07. The van der Waals surface area contributed by atoms with Crippen molar-refractivity contribution in [2.24, 2.45) is 0 Å². The Morgan fingerprint density at radius 2 is 1.69 bits per heavy atom. The highest BCUT2D eigenvalue weighted by atomic mass is 16.5. The van der Waals surface area contributed by atoms with E-state index in [0.29, 0.717) is 16.7 Å². The molecule has 150 valence electrons. The number of carboxylic acid groups (broad SMARTS) is 1. The van der Waals surface area contributed by atoms with Crippen molar-refractivity contribution in [2.75, 3.05) is 7.11 Å². The zero-order valence-electron chi connectivity index (χ0n) is 17.3. The summed E-state index contributed by atoms with van der Waals surface area (Å²) in [4.78, 5) is 21.2. The molecule has 0 unspecified atom stereocenters. The molecular formula is C24H26N2O3. The molecule has 0 aliphatic rings. The summed E-state index contributed by atoms with van der Waals surface area (Å²) < 4.78 is 5.26. The first-order valence-corrected chi connectivity index (χ1v) is 9.79. The number of methoxy groups -OCH3 is 1. The lowest BCUT2D eigenvalue weighted by molar-refractivity contribution is 0.0695. The van der Waals surface area contributed by atoms with Gasteiger partial charge < -0.3 is 9.84 Å². The molecule has 0 bridgehead atoms. The number of carboxylic acids is 1. The van der Waals surface area contributed by atoms with Crippen LogP contribution in [0, 0.1) is 13.8 Å². The fraction of sp³-hybridized carbons (Fsp3) is 0.292. The molecule has 0 aliphatic heterocycles. The zero-order chi connectivity index (χ0) is 21.0. The van der Waals surface area contributed by atoms with Crippen LogP contribution in [0.1, 0.15) is 46.9 Å². The SMILES string of the molecule is CCCCc1cnc(-c2ccc(OC)cc2)c(-c2cc(C)c(C(=O)O)c(C)c2)n1. The van der Waals surface area contributed by atoms with E-state index in [2.05, 4.69) is 6.92 Å². The molecule has 2 aromatic carbocycles. The van der Waals surface area contributed by atoms with Crippen LogP contribution in [0.15, 0.2) is 42.6 Å². The number of benzene rings is 2. The van der Waals surface area contributed by atoms with E-state index >= 15 is 0 Å². The van der Waals surface area contributed by atoms with Gasteiger partial charge in [-0.05, 0) is 74.2 Å². The van der Waals surface area contributed by atoms with Crippen molar-refractivity contribution in [3.63, 3.8) is 0 Å². The molecule has 5 heteroatoms. The summed E-state index contributed by atoms with van der Waals surface area (Å²) >= 11 is 0. The maximum Gasteiger partial charge on any atom is 0.336 e. The molecule has 0 saturated heterocycles.